The van der Waals surface area contributed by atoms with Crippen molar-refractivity contribution in [2.45, 2.75) is 85.5 Å². The average Bonchev–Trinajstić information content (AvgIpc) is 3.19. The molecule has 1 aliphatic carbocycles. The van der Waals surface area contributed by atoms with E-state index >= 15 is 0 Å². The zero-order valence-electron chi connectivity index (χ0n) is 14.5. The highest BCUT2D eigenvalue weighted by Crippen LogP contribution is 2.51. The smallest absolute Gasteiger partial charge is 0.312 e. The summed E-state index contributed by atoms with van der Waals surface area (Å²) in [5.74, 6) is 0.707. The van der Waals surface area contributed by atoms with Gasteiger partial charge in [-0.05, 0) is 58.3 Å². The maximum Gasteiger partial charge on any atom is 0.312 e. The lowest BCUT2D eigenvalue weighted by molar-refractivity contribution is -0.151. The van der Waals surface area contributed by atoms with E-state index in [0.29, 0.717) is 12.5 Å². The van der Waals surface area contributed by atoms with Crippen LogP contribution < -0.4 is 0 Å². The van der Waals surface area contributed by atoms with Gasteiger partial charge >= 0.3 is 5.97 Å². The van der Waals surface area contributed by atoms with Gasteiger partial charge in [0.25, 0.3) is 0 Å². The highest BCUT2D eigenvalue weighted by atomic mass is 16.5. The second-order valence-corrected chi connectivity index (χ2v) is 7.13. The number of unbranched alkanes of at least 4 members (excludes halogenated alkanes) is 2. The van der Waals surface area contributed by atoms with E-state index < -0.39 is 0 Å². The summed E-state index contributed by atoms with van der Waals surface area (Å²) in [6.45, 7) is 9.33. The number of hydrogen-bond donors (Lipinski definition) is 0. The standard InChI is InChI=1S/C19H34O2/c1-5-6-7-12-19(13-14-19)18(20)21-15-11-17(4)10-8-9-16(2)3/h9,17H,5-8,10-15H2,1-4H3. The Kier molecular flexibility index (Phi) is 8.06. The molecule has 1 rings (SSSR count). The Balaban J connectivity index is 2.14. The molecule has 0 spiro atoms. The van der Waals surface area contributed by atoms with Gasteiger partial charge in [0.05, 0.1) is 12.0 Å². The summed E-state index contributed by atoms with van der Waals surface area (Å²) >= 11 is 0. The summed E-state index contributed by atoms with van der Waals surface area (Å²) in [5.41, 5.74) is 1.30. The van der Waals surface area contributed by atoms with Gasteiger partial charge in [-0.2, -0.15) is 0 Å². The second kappa shape index (κ2) is 9.27. The Morgan fingerprint density at radius 2 is 1.95 bits per heavy atom. The molecule has 1 saturated carbocycles. The van der Waals surface area contributed by atoms with Gasteiger partial charge in [-0.15, -0.1) is 0 Å². The molecule has 122 valence electrons. The van der Waals surface area contributed by atoms with Crippen LogP contribution in [0.15, 0.2) is 11.6 Å². The minimum atomic E-state index is -0.0829. The van der Waals surface area contributed by atoms with Crippen molar-refractivity contribution in [1.82, 2.24) is 0 Å². The zero-order valence-corrected chi connectivity index (χ0v) is 14.5. The van der Waals surface area contributed by atoms with Gasteiger partial charge in [-0.25, -0.2) is 0 Å². The number of esters is 1. The molecule has 1 aliphatic rings. The predicted octanol–water partition coefficient (Wildman–Crippen LogP) is 5.66. The highest BCUT2D eigenvalue weighted by Gasteiger charge is 2.50. The molecular formula is C19H34O2. The number of rotatable bonds is 11. The van der Waals surface area contributed by atoms with Crippen LogP contribution in [0, 0.1) is 11.3 Å². The number of allylic oxidation sites excluding steroid dienone is 2. The van der Waals surface area contributed by atoms with E-state index in [1.165, 1.54) is 31.3 Å². The van der Waals surface area contributed by atoms with Crippen LogP contribution in [0.5, 0.6) is 0 Å². The van der Waals surface area contributed by atoms with Crippen LogP contribution >= 0.6 is 0 Å². The van der Waals surface area contributed by atoms with Crippen molar-refractivity contribution in [1.29, 1.82) is 0 Å². The van der Waals surface area contributed by atoms with E-state index in [1.807, 2.05) is 0 Å². The minimum Gasteiger partial charge on any atom is -0.465 e. The number of hydrogen-bond acceptors (Lipinski definition) is 2. The summed E-state index contributed by atoms with van der Waals surface area (Å²) in [6, 6.07) is 0. The summed E-state index contributed by atoms with van der Waals surface area (Å²) in [5, 5.41) is 0. The lowest BCUT2D eigenvalue weighted by Crippen LogP contribution is -2.20. The lowest BCUT2D eigenvalue weighted by atomic mass is 9.98. The third-order valence-corrected chi connectivity index (χ3v) is 4.60. The van der Waals surface area contributed by atoms with Crippen molar-refractivity contribution in [2.75, 3.05) is 6.61 Å². The second-order valence-electron chi connectivity index (χ2n) is 7.13. The van der Waals surface area contributed by atoms with Gasteiger partial charge in [-0.1, -0.05) is 44.8 Å². The van der Waals surface area contributed by atoms with Crippen LogP contribution in [0.25, 0.3) is 0 Å². The van der Waals surface area contributed by atoms with Gasteiger partial charge in [0.1, 0.15) is 0 Å². The first-order valence-electron chi connectivity index (χ1n) is 8.81. The van der Waals surface area contributed by atoms with E-state index in [9.17, 15) is 4.79 Å². The first-order valence-corrected chi connectivity index (χ1v) is 8.81. The molecule has 0 amide bonds. The molecule has 0 heterocycles. The SMILES string of the molecule is CCCCCC1(C(=O)OCCC(C)CCC=C(C)C)CC1. The molecule has 0 aromatic rings. The van der Waals surface area contributed by atoms with Crippen molar-refractivity contribution in [3.63, 3.8) is 0 Å². The molecule has 0 radical (unpaired) electrons. The van der Waals surface area contributed by atoms with Crippen LogP contribution in [0.2, 0.25) is 0 Å². The molecule has 0 aromatic heterocycles. The monoisotopic (exact) mass is 294 g/mol. The Labute approximate surface area is 131 Å². The van der Waals surface area contributed by atoms with Crippen molar-refractivity contribution in [3.05, 3.63) is 11.6 Å². The largest absolute Gasteiger partial charge is 0.465 e. The van der Waals surface area contributed by atoms with Crippen LogP contribution in [0.4, 0.5) is 0 Å². The first-order chi connectivity index (χ1) is 10.00. The van der Waals surface area contributed by atoms with Crippen LogP contribution in [0.1, 0.15) is 85.5 Å². The van der Waals surface area contributed by atoms with E-state index in [4.69, 9.17) is 4.74 Å². The summed E-state index contributed by atoms with van der Waals surface area (Å²) < 4.78 is 5.54. The van der Waals surface area contributed by atoms with Gasteiger partial charge < -0.3 is 4.74 Å². The molecule has 2 nitrogen and oxygen atoms in total. The van der Waals surface area contributed by atoms with E-state index in [0.717, 1.165) is 32.1 Å². The molecule has 0 saturated heterocycles. The average molecular weight is 294 g/mol. The maximum atomic E-state index is 12.2. The lowest BCUT2D eigenvalue weighted by Gasteiger charge is -2.16. The molecule has 1 fully saturated rings. The molecular weight excluding hydrogens is 260 g/mol. The van der Waals surface area contributed by atoms with Gasteiger partial charge in [0, 0.05) is 0 Å². The molecule has 0 bridgehead atoms. The highest BCUT2D eigenvalue weighted by molar-refractivity contribution is 5.79. The normalized spacial score (nSPS) is 17.1. The van der Waals surface area contributed by atoms with Crippen LogP contribution in [0.3, 0.4) is 0 Å². The van der Waals surface area contributed by atoms with Crippen molar-refractivity contribution >= 4 is 5.97 Å². The van der Waals surface area contributed by atoms with Gasteiger partial charge in [0.2, 0.25) is 0 Å². The number of carbonyl (C=O) groups excluding carboxylic acids is 1. The third-order valence-electron chi connectivity index (χ3n) is 4.60. The Bertz CT molecular complexity index is 335. The predicted molar refractivity (Wildman–Crippen MR) is 89.2 cm³/mol. The van der Waals surface area contributed by atoms with Gasteiger partial charge in [-0.3, -0.25) is 4.79 Å². The fourth-order valence-corrected chi connectivity index (χ4v) is 2.73. The maximum absolute atomic E-state index is 12.2. The zero-order chi connectivity index (χ0) is 15.7. The molecule has 21 heavy (non-hydrogen) atoms. The van der Waals surface area contributed by atoms with E-state index in [-0.39, 0.29) is 11.4 Å². The third kappa shape index (κ3) is 7.15. The first kappa shape index (κ1) is 18.3. The Morgan fingerprint density at radius 3 is 2.52 bits per heavy atom. The van der Waals surface area contributed by atoms with Crippen LogP contribution in [-0.2, 0) is 9.53 Å². The minimum absolute atomic E-state index is 0.0788. The van der Waals surface area contributed by atoms with Crippen LogP contribution in [-0.4, -0.2) is 12.6 Å². The molecule has 1 atom stereocenters. The van der Waals surface area contributed by atoms with Gasteiger partial charge in [0.15, 0.2) is 0 Å². The van der Waals surface area contributed by atoms with E-state index in [2.05, 4.69) is 33.8 Å². The molecule has 0 N–H and O–H groups in total. The summed E-state index contributed by atoms with van der Waals surface area (Å²) in [7, 11) is 0. The van der Waals surface area contributed by atoms with Crippen molar-refractivity contribution in [2.24, 2.45) is 11.3 Å². The number of carbonyl (C=O) groups is 1. The Morgan fingerprint density at radius 1 is 1.24 bits per heavy atom. The molecule has 2 heteroatoms. The Hall–Kier alpha value is -0.790. The summed E-state index contributed by atoms with van der Waals surface area (Å²) in [4.78, 5) is 12.2. The molecule has 0 aromatic carbocycles. The number of ether oxygens (including phenoxy) is 1. The molecule has 0 aliphatic heterocycles. The fourth-order valence-electron chi connectivity index (χ4n) is 2.73. The fraction of sp³-hybridized carbons (Fsp3) is 0.842. The van der Waals surface area contributed by atoms with Crippen molar-refractivity contribution < 1.29 is 9.53 Å². The van der Waals surface area contributed by atoms with Crippen molar-refractivity contribution in [3.8, 4) is 0 Å². The quantitative estimate of drug-likeness (QED) is 0.279. The van der Waals surface area contributed by atoms with E-state index in [1.54, 1.807) is 0 Å². The topological polar surface area (TPSA) is 26.3 Å². The molecule has 1 unspecified atom stereocenters. The summed E-state index contributed by atoms with van der Waals surface area (Å²) in [6.07, 6.45) is 12.4.